The Morgan fingerprint density at radius 3 is 2.50 bits per heavy atom. The van der Waals surface area contributed by atoms with Crippen LogP contribution in [0, 0.1) is 10.8 Å². The molecule has 2 nitrogen and oxygen atoms in total. The van der Waals surface area contributed by atoms with Crippen LogP contribution in [-0.2, 0) is 0 Å². The highest BCUT2D eigenvalue weighted by Gasteiger charge is 2.57. The third-order valence-corrected chi connectivity index (χ3v) is 4.37. The molecule has 0 spiro atoms. The Morgan fingerprint density at radius 1 is 1.33 bits per heavy atom. The van der Waals surface area contributed by atoms with Crippen molar-refractivity contribution in [1.29, 1.82) is 0 Å². The van der Waals surface area contributed by atoms with Crippen molar-refractivity contribution in [2.75, 3.05) is 13.2 Å². The molecule has 1 aliphatic heterocycles. The SMILES string of the molecule is CC1(C2(C)CCNC2CO)CC1. The van der Waals surface area contributed by atoms with Gasteiger partial charge in [-0.2, -0.15) is 0 Å². The summed E-state index contributed by atoms with van der Waals surface area (Å²) in [7, 11) is 0. The first-order valence-electron chi connectivity index (χ1n) is 4.97. The summed E-state index contributed by atoms with van der Waals surface area (Å²) in [5.41, 5.74) is 0.867. The van der Waals surface area contributed by atoms with Crippen molar-refractivity contribution in [3.8, 4) is 0 Å². The van der Waals surface area contributed by atoms with Gasteiger partial charge in [-0.25, -0.2) is 0 Å². The van der Waals surface area contributed by atoms with Crippen LogP contribution in [0.15, 0.2) is 0 Å². The van der Waals surface area contributed by atoms with Crippen molar-refractivity contribution in [3.05, 3.63) is 0 Å². The van der Waals surface area contributed by atoms with Crippen LogP contribution in [0.4, 0.5) is 0 Å². The topological polar surface area (TPSA) is 32.3 Å². The molecule has 2 aliphatic rings. The zero-order chi connectivity index (χ0) is 8.82. The van der Waals surface area contributed by atoms with Crippen LogP contribution in [0.25, 0.3) is 0 Å². The van der Waals surface area contributed by atoms with Crippen molar-refractivity contribution >= 4 is 0 Å². The third-order valence-electron chi connectivity index (χ3n) is 4.37. The minimum absolute atomic E-state index is 0.298. The molecule has 2 unspecified atom stereocenters. The first-order chi connectivity index (χ1) is 5.62. The monoisotopic (exact) mass is 169 g/mol. The van der Waals surface area contributed by atoms with Gasteiger partial charge in [-0.15, -0.1) is 0 Å². The Labute approximate surface area is 74.4 Å². The lowest BCUT2D eigenvalue weighted by Crippen LogP contribution is -2.42. The summed E-state index contributed by atoms with van der Waals surface area (Å²) in [6.07, 6.45) is 3.93. The Hall–Kier alpha value is -0.0800. The molecule has 0 amide bonds. The fourth-order valence-corrected chi connectivity index (χ4v) is 2.65. The first-order valence-corrected chi connectivity index (χ1v) is 4.97. The van der Waals surface area contributed by atoms with Crippen molar-refractivity contribution in [2.45, 2.75) is 39.2 Å². The molecule has 0 aromatic rings. The van der Waals surface area contributed by atoms with Gasteiger partial charge in [-0.1, -0.05) is 13.8 Å². The standard InChI is InChI=1S/C10H19NO/c1-9(3-4-9)10(2)5-6-11-8(10)7-12/h8,11-12H,3-7H2,1-2H3. The number of hydrogen-bond acceptors (Lipinski definition) is 2. The summed E-state index contributed by atoms with van der Waals surface area (Å²) in [6.45, 7) is 6.08. The highest BCUT2D eigenvalue weighted by molar-refractivity contribution is 5.10. The van der Waals surface area contributed by atoms with Gasteiger partial charge >= 0.3 is 0 Å². The minimum Gasteiger partial charge on any atom is -0.395 e. The first kappa shape index (κ1) is 8.52. The van der Waals surface area contributed by atoms with E-state index in [-0.39, 0.29) is 0 Å². The summed E-state index contributed by atoms with van der Waals surface area (Å²) in [4.78, 5) is 0. The lowest BCUT2D eigenvalue weighted by Gasteiger charge is -2.36. The van der Waals surface area contributed by atoms with Crippen LogP contribution in [0.5, 0.6) is 0 Å². The fraction of sp³-hybridized carbons (Fsp3) is 1.00. The zero-order valence-electron chi connectivity index (χ0n) is 8.06. The lowest BCUT2D eigenvalue weighted by atomic mass is 9.70. The number of aliphatic hydroxyl groups excluding tert-OH is 1. The molecule has 0 bridgehead atoms. The van der Waals surface area contributed by atoms with Gasteiger partial charge in [0.25, 0.3) is 0 Å². The molecule has 0 aromatic carbocycles. The average Bonchev–Trinajstić information content (AvgIpc) is 2.66. The molecule has 12 heavy (non-hydrogen) atoms. The molecule has 2 atom stereocenters. The van der Waals surface area contributed by atoms with Gasteiger partial charge in [-0.3, -0.25) is 0 Å². The second-order valence-electron chi connectivity index (χ2n) is 4.92. The summed E-state index contributed by atoms with van der Waals surface area (Å²) < 4.78 is 0. The normalized spacial score (nSPS) is 44.8. The number of nitrogens with one attached hydrogen (secondary N) is 1. The van der Waals surface area contributed by atoms with Crippen LogP contribution >= 0.6 is 0 Å². The highest BCUT2D eigenvalue weighted by atomic mass is 16.3. The van der Waals surface area contributed by atoms with Gasteiger partial charge in [0.05, 0.1) is 6.61 Å². The van der Waals surface area contributed by atoms with E-state index in [4.69, 9.17) is 0 Å². The molecule has 0 aromatic heterocycles. The molecular formula is C10H19NO. The van der Waals surface area contributed by atoms with Gasteiger partial charge in [-0.05, 0) is 36.6 Å². The summed E-state index contributed by atoms with van der Waals surface area (Å²) >= 11 is 0. The van der Waals surface area contributed by atoms with Gasteiger partial charge in [0.1, 0.15) is 0 Å². The van der Waals surface area contributed by atoms with Gasteiger partial charge < -0.3 is 10.4 Å². The predicted octanol–water partition coefficient (Wildman–Crippen LogP) is 1.15. The van der Waals surface area contributed by atoms with E-state index < -0.39 is 0 Å². The van der Waals surface area contributed by atoms with E-state index in [0.29, 0.717) is 23.5 Å². The highest BCUT2D eigenvalue weighted by Crippen LogP contribution is 2.62. The van der Waals surface area contributed by atoms with Gasteiger partial charge in [0.2, 0.25) is 0 Å². The smallest absolute Gasteiger partial charge is 0.0590 e. The second-order valence-corrected chi connectivity index (χ2v) is 4.92. The molecule has 2 heteroatoms. The molecule has 70 valence electrons. The predicted molar refractivity (Wildman–Crippen MR) is 48.9 cm³/mol. The third kappa shape index (κ3) is 0.944. The number of rotatable bonds is 2. The Kier molecular flexibility index (Phi) is 1.74. The van der Waals surface area contributed by atoms with E-state index in [1.54, 1.807) is 0 Å². The molecule has 2 rings (SSSR count). The fourth-order valence-electron chi connectivity index (χ4n) is 2.65. The van der Waals surface area contributed by atoms with Gasteiger partial charge in [0, 0.05) is 6.04 Å². The molecule has 1 aliphatic carbocycles. The second kappa shape index (κ2) is 2.46. The van der Waals surface area contributed by atoms with E-state index in [0.717, 1.165) is 6.54 Å². The van der Waals surface area contributed by atoms with E-state index in [9.17, 15) is 5.11 Å². The summed E-state index contributed by atoms with van der Waals surface area (Å²) in [6, 6.07) is 0.338. The van der Waals surface area contributed by atoms with Crippen LogP contribution in [0.1, 0.15) is 33.1 Å². The minimum atomic E-state index is 0.298. The van der Waals surface area contributed by atoms with E-state index in [2.05, 4.69) is 19.2 Å². The van der Waals surface area contributed by atoms with E-state index in [1.165, 1.54) is 19.3 Å². The van der Waals surface area contributed by atoms with Crippen molar-refractivity contribution in [3.63, 3.8) is 0 Å². The zero-order valence-corrected chi connectivity index (χ0v) is 8.06. The quantitative estimate of drug-likeness (QED) is 0.650. The number of aliphatic hydroxyl groups is 1. The maximum Gasteiger partial charge on any atom is 0.0590 e. The average molecular weight is 169 g/mol. The van der Waals surface area contributed by atoms with Crippen LogP contribution in [0.3, 0.4) is 0 Å². The van der Waals surface area contributed by atoms with E-state index >= 15 is 0 Å². The summed E-state index contributed by atoms with van der Waals surface area (Å²) in [5.74, 6) is 0. The van der Waals surface area contributed by atoms with Crippen molar-refractivity contribution in [2.24, 2.45) is 10.8 Å². The maximum absolute atomic E-state index is 9.23. The largest absolute Gasteiger partial charge is 0.395 e. The molecular weight excluding hydrogens is 150 g/mol. The summed E-state index contributed by atoms with van der Waals surface area (Å²) in [5, 5.41) is 12.6. The molecule has 1 heterocycles. The van der Waals surface area contributed by atoms with Crippen molar-refractivity contribution < 1.29 is 5.11 Å². The molecule has 0 radical (unpaired) electrons. The van der Waals surface area contributed by atoms with Crippen LogP contribution < -0.4 is 5.32 Å². The van der Waals surface area contributed by atoms with E-state index in [1.807, 2.05) is 0 Å². The molecule has 1 saturated heterocycles. The Bertz CT molecular complexity index is 188. The molecule has 2 fully saturated rings. The van der Waals surface area contributed by atoms with Gasteiger partial charge in [0.15, 0.2) is 0 Å². The lowest BCUT2D eigenvalue weighted by molar-refractivity contribution is 0.104. The number of hydrogen-bond donors (Lipinski definition) is 2. The van der Waals surface area contributed by atoms with Crippen molar-refractivity contribution in [1.82, 2.24) is 5.32 Å². The van der Waals surface area contributed by atoms with Crippen LogP contribution in [-0.4, -0.2) is 24.3 Å². The molecule has 2 N–H and O–H groups in total. The Balaban J connectivity index is 2.17. The molecule has 1 saturated carbocycles. The Morgan fingerprint density at radius 2 is 2.00 bits per heavy atom. The van der Waals surface area contributed by atoms with Crippen LogP contribution in [0.2, 0.25) is 0 Å². The maximum atomic E-state index is 9.23.